The van der Waals surface area contributed by atoms with Crippen LogP contribution < -0.4 is 21.3 Å². The van der Waals surface area contributed by atoms with Crippen LogP contribution in [0.25, 0.3) is 0 Å². The normalized spacial score (nSPS) is 12.7. The van der Waals surface area contributed by atoms with Crippen LogP contribution in [0.1, 0.15) is 374 Å². The Bertz CT molecular complexity index is 1430. The Morgan fingerprint density at radius 3 is 0.773 bits per heavy atom. The van der Waals surface area contributed by atoms with Gasteiger partial charge in [0.15, 0.2) is 0 Å². The molecule has 0 bridgehead atoms. The van der Waals surface area contributed by atoms with E-state index in [9.17, 15) is 19.8 Å². The molecule has 522 valence electrons. The monoisotopic (exact) mass is 1240 g/mol. The second-order valence-electron chi connectivity index (χ2n) is 27.2. The summed E-state index contributed by atoms with van der Waals surface area (Å²) >= 11 is 0. The van der Waals surface area contributed by atoms with Crippen LogP contribution in [0.5, 0.6) is 0 Å². The van der Waals surface area contributed by atoms with Gasteiger partial charge in [-0.3, -0.25) is 9.59 Å². The van der Waals surface area contributed by atoms with Gasteiger partial charge in [0.1, 0.15) is 0 Å². The number of rotatable bonds is 75. The van der Waals surface area contributed by atoms with E-state index in [1.165, 1.54) is 295 Å². The van der Waals surface area contributed by atoms with Gasteiger partial charge in [-0.1, -0.05) is 296 Å². The van der Waals surface area contributed by atoms with Crippen molar-refractivity contribution in [1.82, 2.24) is 31.1 Å². The minimum Gasteiger partial charge on any atom is -0.390 e. The average Bonchev–Trinajstić information content (AvgIpc) is 3.52. The van der Waals surface area contributed by atoms with E-state index in [1.54, 1.807) is 0 Å². The van der Waals surface area contributed by atoms with Gasteiger partial charge in [-0.2, -0.15) is 0 Å². The first-order valence-corrected chi connectivity index (χ1v) is 39.4. The first kappa shape index (κ1) is 86.2. The van der Waals surface area contributed by atoms with Gasteiger partial charge in [-0.25, -0.2) is 0 Å². The standard InChI is InChI=1S/C78H156N6O4/c1-5-9-13-17-21-25-29-32-34-36-38-40-43-47-51-55-63-81-77(87)61-65-79-71-75(85)73-83(67-57-53-49-45-28-24-20-16-12-8-4)69-59-60-70-84(68-58-54-50-46-42-31-27-23-19-15-11-7-3)74-76(86)72-80-66-62-78(88)82-64-56-52-48-44-41-39-37-35-33-30-26-22-18-14-10-6-2/h32-35,75-76,79-80,85-86H,5-31,36-74H2,1-4H3,(H,81,87)(H,82,88)/b34-32+,35-33+. The van der Waals surface area contributed by atoms with Crippen molar-refractivity contribution in [2.75, 3.05) is 78.5 Å². The summed E-state index contributed by atoms with van der Waals surface area (Å²) in [7, 11) is 0. The van der Waals surface area contributed by atoms with Gasteiger partial charge in [0.2, 0.25) is 11.8 Å². The fraction of sp³-hybridized carbons (Fsp3) is 0.923. The van der Waals surface area contributed by atoms with E-state index < -0.39 is 12.2 Å². The van der Waals surface area contributed by atoms with E-state index in [2.05, 4.69) is 83.1 Å². The zero-order valence-corrected chi connectivity index (χ0v) is 59.7. The third-order valence-corrected chi connectivity index (χ3v) is 18.1. The minimum absolute atomic E-state index is 0.100. The summed E-state index contributed by atoms with van der Waals surface area (Å²) in [5.41, 5.74) is 0. The minimum atomic E-state index is -0.481. The van der Waals surface area contributed by atoms with Gasteiger partial charge in [-0.15, -0.1) is 0 Å². The summed E-state index contributed by atoms with van der Waals surface area (Å²) in [5, 5.41) is 35.6. The maximum absolute atomic E-state index is 12.6. The Balaban J connectivity index is 4.87. The molecule has 0 spiro atoms. The highest BCUT2D eigenvalue weighted by Crippen LogP contribution is 2.16. The van der Waals surface area contributed by atoms with Crippen LogP contribution in [0.15, 0.2) is 24.3 Å². The number of hydrogen-bond acceptors (Lipinski definition) is 8. The lowest BCUT2D eigenvalue weighted by Gasteiger charge is -2.27. The number of nitrogens with one attached hydrogen (secondary N) is 4. The molecular weight excluding hydrogens is 1080 g/mol. The van der Waals surface area contributed by atoms with Gasteiger partial charge >= 0.3 is 0 Å². The molecule has 0 rings (SSSR count). The number of hydrogen-bond donors (Lipinski definition) is 6. The first-order chi connectivity index (χ1) is 43.4. The van der Waals surface area contributed by atoms with E-state index in [-0.39, 0.29) is 11.8 Å². The smallest absolute Gasteiger partial charge is 0.221 e. The molecular formula is C78H156N6O4. The molecule has 2 unspecified atom stereocenters. The second kappa shape index (κ2) is 74.2. The Morgan fingerprint density at radius 2 is 0.511 bits per heavy atom. The van der Waals surface area contributed by atoms with Crippen LogP contribution in [-0.4, -0.2) is 123 Å². The third kappa shape index (κ3) is 70.1. The molecule has 0 aliphatic rings. The van der Waals surface area contributed by atoms with Crippen LogP contribution in [0.3, 0.4) is 0 Å². The molecule has 0 aliphatic heterocycles. The highest BCUT2D eigenvalue weighted by atomic mass is 16.3. The molecule has 10 nitrogen and oxygen atoms in total. The second-order valence-corrected chi connectivity index (χ2v) is 27.2. The summed E-state index contributed by atoms with van der Waals surface area (Å²) in [6, 6.07) is 0. The average molecular weight is 1240 g/mol. The van der Waals surface area contributed by atoms with Gasteiger partial charge in [-0.05, 0) is 116 Å². The predicted molar refractivity (Wildman–Crippen MR) is 387 cm³/mol. The molecule has 2 amide bonds. The lowest BCUT2D eigenvalue weighted by molar-refractivity contribution is -0.121. The number of unbranched alkanes of at least 4 members (excludes halogenated alkanes) is 45. The molecule has 0 radical (unpaired) electrons. The van der Waals surface area contributed by atoms with Crippen LogP contribution in [0.2, 0.25) is 0 Å². The van der Waals surface area contributed by atoms with Crippen molar-refractivity contribution in [3.8, 4) is 0 Å². The van der Waals surface area contributed by atoms with E-state index in [0.717, 1.165) is 77.8 Å². The number of nitrogens with zero attached hydrogens (tertiary/aromatic N) is 2. The lowest BCUT2D eigenvalue weighted by atomic mass is 10.1. The number of carbonyl (C=O) groups is 2. The Hall–Kier alpha value is -1.82. The molecule has 6 N–H and O–H groups in total. The predicted octanol–water partition coefficient (Wildman–Crippen LogP) is 20.0. The van der Waals surface area contributed by atoms with Gasteiger partial charge in [0.25, 0.3) is 0 Å². The fourth-order valence-corrected chi connectivity index (χ4v) is 12.3. The Kier molecular flexibility index (Phi) is 72.7. The first-order valence-electron chi connectivity index (χ1n) is 39.4. The highest BCUT2D eigenvalue weighted by molar-refractivity contribution is 5.76. The summed E-state index contributed by atoms with van der Waals surface area (Å²) in [6.07, 6.45) is 76.9. The van der Waals surface area contributed by atoms with Crippen LogP contribution in [0, 0.1) is 0 Å². The number of aliphatic hydroxyl groups is 2. The van der Waals surface area contributed by atoms with Gasteiger partial charge in [0, 0.05) is 65.2 Å². The molecule has 0 aromatic carbocycles. The highest BCUT2D eigenvalue weighted by Gasteiger charge is 2.15. The zero-order valence-electron chi connectivity index (χ0n) is 59.7. The summed E-state index contributed by atoms with van der Waals surface area (Å²) < 4.78 is 0. The number of allylic oxidation sites excluding steroid dienone is 4. The number of aliphatic hydroxyl groups excluding tert-OH is 2. The molecule has 0 aromatic heterocycles. The van der Waals surface area contributed by atoms with Crippen molar-refractivity contribution in [1.29, 1.82) is 0 Å². The van der Waals surface area contributed by atoms with Crippen molar-refractivity contribution in [2.45, 2.75) is 387 Å². The molecule has 0 heterocycles. The van der Waals surface area contributed by atoms with Crippen molar-refractivity contribution in [3.63, 3.8) is 0 Å². The van der Waals surface area contributed by atoms with Crippen LogP contribution in [0.4, 0.5) is 0 Å². The molecule has 0 saturated carbocycles. The molecule has 10 heteroatoms. The maximum Gasteiger partial charge on any atom is 0.221 e. The van der Waals surface area contributed by atoms with Crippen molar-refractivity contribution in [3.05, 3.63) is 24.3 Å². The molecule has 2 atom stereocenters. The van der Waals surface area contributed by atoms with E-state index >= 15 is 0 Å². The number of amides is 2. The van der Waals surface area contributed by atoms with E-state index in [4.69, 9.17) is 0 Å². The van der Waals surface area contributed by atoms with Crippen molar-refractivity contribution >= 4 is 11.8 Å². The Labute approximate surface area is 549 Å². The topological polar surface area (TPSA) is 129 Å². The maximum atomic E-state index is 12.6. The van der Waals surface area contributed by atoms with Crippen molar-refractivity contribution in [2.24, 2.45) is 0 Å². The summed E-state index contributed by atoms with van der Waals surface area (Å²) in [6.45, 7) is 18.1. The zero-order chi connectivity index (χ0) is 63.8. The summed E-state index contributed by atoms with van der Waals surface area (Å²) in [4.78, 5) is 30.3. The van der Waals surface area contributed by atoms with E-state index in [0.29, 0.717) is 52.1 Å². The summed E-state index contributed by atoms with van der Waals surface area (Å²) in [5.74, 6) is 0.200. The quantitative estimate of drug-likeness (QED) is 0.0262. The van der Waals surface area contributed by atoms with E-state index in [1.807, 2.05) is 0 Å². The molecule has 0 fully saturated rings. The number of carbonyl (C=O) groups excluding carboxylic acids is 2. The molecule has 0 saturated heterocycles. The van der Waals surface area contributed by atoms with Crippen LogP contribution in [-0.2, 0) is 9.59 Å². The fourth-order valence-electron chi connectivity index (χ4n) is 12.3. The van der Waals surface area contributed by atoms with Gasteiger partial charge < -0.3 is 41.3 Å². The molecule has 0 aromatic rings. The SMILES string of the molecule is CCCCCCCC/C=C/CCCCCCCCNC(=O)CCNCC(O)CN(CCCCCCCCCCCC)CCCCN(CCCCCCCCCCCCCC)CC(O)CNCCC(=O)NCCCCCCCC/C=C/CCCCCCCC. The van der Waals surface area contributed by atoms with Crippen LogP contribution >= 0.6 is 0 Å². The third-order valence-electron chi connectivity index (χ3n) is 18.1. The van der Waals surface area contributed by atoms with Gasteiger partial charge in [0.05, 0.1) is 12.2 Å². The Morgan fingerprint density at radius 1 is 0.295 bits per heavy atom. The van der Waals surface area contributed by atoms with Crippen molar-refractivity contribution < 1.29 is 19.8 Å². The molecule has 0 aliphatic carbocycles. The largest absolute Gasteiger partial charge is 0.390 e. The molecule has 88 heavy (non-hydrogen) atoms. The lowest BCUT2D eigenvalue weighted by Crippen LogP contribution is -2.41.